The van der Waals surface area contributed by atoms with E-state index in [1.165, 1.54) is 0 Å². The average Bonchev–Trinajstić information content (AvgIpc) is 2.69. The van der Waals surface area contributed by atoms with E-state index in [4.69, 9.17) is 5.11 Å². The number of aliphatic carboxylic acids is 1. The standard InChI is InChI=1S/C16H28O5/c1-2-11(17)8-9-13-12(14(18)10-15(13)19)6-4-3-5-7-16(20)21/h8-9,11-15,17-19H,2-7,10H2,1H3,(H,20,21)/b9-8+/t11?,12-,13-,14+,15-/m1/s1. The molecule has 21 heavy (non-hydrogen) atoms. The lowest BCUT2D eigenvalue weighted by molar-refractivity contribution is -0.137. The van der Waals surface area contributed by atoms with Gasteiger partial charge in [0.05, 0.1) is 18.3 Å². The molecule has 1 aliphatic rings. The lowest BCUT2D eigenvalue weighted by Crippen LogP contribution is -2.21. The van der Waals surface area contributed by atoms with E-state index >= 15 is 0 Å². The number of aliphatic hydroxyl groups excluding tert-OH is 3. The summed E-state index contributed by atoms with van der Waals surface area (Å²) in [6, 6.07) is 0. The number of hydrogen-bond donors (Lipinski definition) is 4. The zero-order valence-corrected chi connectivity index (χ0v) is 12.7. The van der Waals surface area contributed by atoms with Crippen LogP contribution < -0.4 is 0 Å². The van der Waals surface area contributed by atoms with Crippen LogP contribution >= 0.6 is 0 Å². The van der Waals surface area contributed by atoms with Crippen molar-refractivity contribution in [3.63, 3.8) is 0 Å². The molecule has 1 saturated carbocycles. The molecular weight excluding hydrogens is 272 g/mol. The van der Waals surface area contributed by atoms with E-state index < -0.39 is 24.3 Å². The van der Waals surface area contributed by atoms with E-state index in [-0.39, 0.29) is 18.3 Å². The maximum Gasteiger partial charge on any atom is 0.303 e. The van der Waals surface area contributed by atoms with Crippen molar-refractivity contribution in [3.8, 4) is 0 Å². The molecular formula is C16H28O5. The zero-order chi connectivity index (χ0) is 15.8. The van der Waals surface area contributed by atoms with Crippen LogP contribution in [0.5, 0.6) is 0 Å². The first-order valence-electron chi connectivity index (χ1n) is 7.90. The van der Waals surface area contributed by atoms with E-state index in [9.17, 15) is 20.1 Å². The third-order valence-electron chi connectivity index (χ3n) is 4.32. The third kappa shape index (κ3) is 6.16. The van der Waals surface area contributed by atoms with Crippen LogP contribution in [0.25, 0.3) is 0 Å². The van der Waals surface area contributed by atoms with Crippen LogP contribution in [-0.4, -0.2) is 44.7 Å². The molecule has 0 amide bonds. The molecule has 5 atom stereocenters. The van der Waals surface area contributed by atoms with Gasteiger partial charge in [-0.2, -0.15) is 0 Å². The van der Waals surface area contributed by atoms with Gasteiger partial charge in [-0.05, 0) is 25.2 Å². The van der Waals surface area contributed by atoms with Gasteiger partial charge in [0.2, 0.25) is 0 Å². The Bertz CT molecular complexity index is 342. The second-order valence-electron chi connectivity index (χ2n) is 5.97. The Balaban J connectivity index is 2.44. The lowest BCUT2D eigenvalue weighted by Gasteiger charge is -2.21. The van der Waals surface area contributed by atoms with E-state index in [1.807, 2.05) is 13.0 Å². The molecule has 0 aromatic carbocycles. The van der Waals surface area contributed by atoms with Gasteiger partial charge in [0.15, 0.2) is 0 Å². The van der Waals surface area contributed by atoms with Gasteiger partial charge in [-0.3, -0.25) is 4.79 Å². The van der Waals surface area contributed by atoms with Crippen LogP contribution in [0.2, 0.25) is 0 Å². The Morgan fingerprint density at radius 3 is 2.57 bits per heavy atom. The van der Waals surface area contributed by atoms with Crippen molar-refractivity contribution in [2.45, 2.75) is 70.2 Å². The zero-order valence-electron chi connectivity index (χ0n) is 12.7. The Hall–Kier alpha value is -0.910. The molecule has 122 valence electrons. The summed E-state index contributed by atoms with van der Waals surface area (Å²) in [5, 5.41) is 38.2. The van der Waals surface area contributed by atoms with Crippen LogP contribution in [0.15, 0.2) is 12.2 Å². The van der Waals surface area contributed by atoms with Crippen molar-refractivity contribution in [1.29, 1.82) is 0 Å². The SMILES string of the molecule is CCC(O)/C=C/[C@@H]1[C@@H](CCCCCC(=O)O)[C@@H](O)C[C@H]1O. The van der Waals surface area contributed by atoms with Crippen LogP contribution in [0.1, 0.15) is 51.9 Å². The molecule has 1 unspecified atom stereocenters. The molecule has 0 saturated heterocycles. The van der Waals surface area contributed by atoms with Gasteiger partial charge in [-0.25, -0.2) is 0 Å². The molecule has 0 aromatic rings. The first-order chi connectivity index (χ1) is 9.95. The van der Waals surface area contributed by atoms with Crippen LogP contribution in [-0.2, 0) is 4.79 Å². The van der Waals surface area contributed by atoms with Crippen molar-refractivity contribution >= 4 is 5.97 Å². The number of unbranched alkanes of at least 4 members (excludes halogenated alkanes) is 2. The molecule has 4 N–H and O–H groups in total. The summed E-state index contributed by atoms with van der Waals surface area (Å²) in [5.41, 5.74) is 0. The topological polar surface area (TPSA) is 98.0 Å². The summed E-state index contributed by atoms with van der Waals surface area (Å²) >= 11 is 0. The largest absolute Gasteiger partial charge is 0.481 e. The highest BCUT2D eigenvalue weighted by Crippen LogP contribution is 2.37. The number of aliphatic hydroxyl groups is 3. The van der Waals surface area contributed by atoms with Gasteiger partial charge in [-0.15, -0.1) is 0 Å². The average molecular weight is 300 g/mol. The second kappa shape index (κ2) is 9.18. The van der Waals surface area contributed by atoms with Crippen molar-refractivity contribution in [2.24, 2.45) is 11.8 Å². The number of carboxylic acids is 1. The van der Waals surface area contributed by atoms with Crippen molar-refractivity contribution in [2.75, 3.05) is 0 Å². The van der Waals surface area contributed by atoms with Crippen molar-refractivity contribution < 1.29 is 25.2 Å². The highest BCUT2D eigenvalue weighted by molar-refractivity contribution is 5.66. The fourth-order valence-corrected chi connectivity index (χ4v) is 3.00. The smallest absolute Gasteiger partial charge is 0.303 e. The molecule has 0 aliphatic heterocycles. The monoisotopic (exact) mass is 300 g/mol. The summed E-state index contributed by atoms with van der Waals surface area (Å²) in [4.78, 5) is 10.4. The fraction of sp³-hybridized carbons (Fsp3) is 0.812. The van der Waals surface area contributed by atoms with E-state index in [1.54, 1.807) is 6.08 Å². The van der Waals surface area contributed by atoms with Crippen LogP contribution in [0, 0.1) is 11.8 Å². The number of carbonyl (C=O) groups is 1. The molecule has 0 heterocycles. The minimum atomic E-state index is -0.777. The first kappa shape index (κ1) is 18.1. The summed E-state index contributed by atoms with van der Waals surface area (Å²) in [6.45, 7) is 1.88. The molecule has 0 radical (unpaired) electrons. The quantitative estimate of drug-likeness (QED) is 0.384. The maximum atomic E-state index is 10.4. The van der Waals surface area contributed by atoms with Gasteiger partial charge >= 0.3 is 5.97 Å². The summed E-state index contributed by atoms with van der Waals surface area (Å²) in [7, 11) is 0. The predicted molar refractivity (Wildman–Crippen MR) is 79.8 cm³/mol. The van der Waals surface area contributed by atoms with Crippen molar-refractivity contribution in [3.05, 3.63) is 12.2 Å². The molecule has 0 aromatic heterocycles. The van der Waals surface area contributed by atoms with Gasteiger partial charge in [-0.1, -0.05) is 31.9 Å². The Morgan fingerprint density at radius 2 is 1.95 bits per heavy atom. The summed E-state index contributed by atoms with van der Waals surface area (Å²) in [5.74, 6) is -0.911. The van der Waals surface area contributed by atoms with Gasteiger partial charge in [0.1, 0.15) is 0 Å². The van der Waals surface area contributed by atoms with Gasteiger partial charge in [0.25, 0.3) is 0 Å². The summed E-state index contributed by atoms with van der Waals surface area (Å²) in [6.07, 6.45) is 6.21. The fourth-order valence-electron chi connectivity index (χ4n) is 3.00. The second-order valence-corrected chi connectivity index (χ2v) is 5.97. The van der Waals surface area contributed by atoms with E-state index in [0.29, 0.717) is 19.3 Å². The molecule has 1 aliphatic carbocycles. The highest BCUT2D eigenvalue weighted by atomic mass is 16.4. The Kier molecular flexibility index (Phi) is 7.93. The van der Waals surface area contributed by atoms with E-state index in [2.05, 4.69) is 0 Å². The molecule has 0 bridgehead atoms. The Labute approximate surface area is 126 Å². The van der Waals surface area contributed by atoms with E-state index in [0.717, 1.165) is 19.3 Å². The first-order valence-corrected chi connectivity index (χ1v) is 7.90. The minimum Gasteiger partial charge on any atom is -0.481 e. The minimum absolute atomic E-state index is 0.00914. The number of hydrogen-bond acceptors (Lipinski definition) is 4. The predicted octanol–water partition coefficient (Wildman–Crippen LogP) is 1.71. The molecule has 5 heteroatoms. The molecule has 1 fully saturated rings. The van der Waals surface area contributed by atoms with Gasteiger partial charge in [0, 0.05) is 18.8 Å². The molecule has 1 rings (SSSR count). The molecule has 0 spiro atoms. The van der Waals surface area contributed by atoms with Crippen LogP contribution in [0.3, 0.4) is 0 Å². The molecule has 5 nitrogen and oxygen atoms in total. The number of rotatable bonds is 9. The number of carboxylic acid groups (broad SMARTS) is 1. The lowest BCUT2D eigenvalue weighted by atomic mass is 9.88. The van der Waals surface area contributed by atoms with Gasteiger partial charge < -0.3 is 20.4 Å². The van der Waals surface area contributed by atoms with Crippen molar-refractivity contribution in [1.82, 2.24) is 0 Å². The maximum absolute atomic E-state index is 10.4. The van der Waals surface area contributed by atoms with Crippen LogP contribution in [0.4, 0.5) is 0 Å². The third-order valence-corrected chi connectivity index (χ3v) is 4.32. The Morgan fingerprint density at radius 1 is 1.24 bits per heavy atom. The highest BCUT2D eigenvalue weighted by Gasteiger charge is 2.39. The normalized spacial score (nSPS) is 30.9. The summed E-state index contributed by atoms with van der Waals surface area (Å²) < 4.78 is 0.